The van der Waals surface area contributed by atoms with Crippen molar-refractivity contribution in [3.63, 3.8) is 0 Å². The molecule has 0 spiro atoms. The Hall–Kier alpha value is -2.13. The minimum atomic E-state index is -3.85. The van der Waals surface area contributed by atoms with Gasteiger partial charge >= 0.3 is 0 Å². The lowest BCUT2D eigenvalue weighted by Crippen LogP contribution is -2.56. The van der Waals surface area contributed by atoms with Gasteiger partial charge in [0.05, 0.1) is 12.0 Å². The van der Waals surface area contributed by atoms with Crippen LogP contribution in [0.25, 0.3) is 0 Å². The maximum atomic E-state index is 12.9. The Labute approximate surface area is 160 Å². The third-order valence-electron chi connectivity index (χ3n) is 4.62. The summed E-state index contributed by atoms with van der Waals surface area (Å²) in [4.78, 5) is 27.7. The Kier molecular flexibility index (Phi) is 6.83. The normalized spacial score (nSPS) is 16.3. The second kappa shape index (κ2) is 8.71. The molecule has 1 aliphatic heterocycles. The lowest BCUT2D eigenvalue weighted by Gasteiger charge is -2.36. The van der Waals surface area contributed by atoms with E-state index in [1.54, 1.807) is 35.8 Å². The van der Waals surface area contributed by atoms with E-state index in [2.05, 4.69) is 4.72 Å². The van der Waals surface area contributed by atoms with Crippen LogP contribution in [0, 0.1) is 5.92 Å². The topological polar surface area (TPSA) is 96.0 Å². The molecule has 1 saturated heterocycles. The second-order valence-electron chi connectivity index (χ2n) is 6.85. The summed E-state index contributed by atoms with van der Waals surface area (Å²) >= 11 is 0. The smallest absolute Gasteiger partial charge is 0.241 e. The van der Waals surface area contributed by atoms with E-state index in [0.717, 1.165) is 0 Å². The van der Waals surface area contributed by atoms with Gasteiger partial charge in [-0.25, -0.2) is 8.42 Å². The van der Waals surface area contributed by atoms with Crippen molar-refractivity contribution in [2.24, 2.45) is 5.92 Å². The SMILES string of the molecule is COc1ccc(S(=O)(=O)N[C@H](C(=O)N2CCN(C(C)=O)CC2)C(C)C)cc1. The van der Waals surface area contributed by atoms with Crippen LogP contribution in [0.15, 0.2) is 29.2 Å². The van der Waals surface area contributed by atoms with E-state index in [-0.39, 0.29) is 22.6 Å². The molecule has 27 heavy (non-hydrogen) atoms. The van der Waals surface area contributed by atoms with Crippen LogP contribution in [0.4, 0.5) is 0 Å². The molecule has 0 radical (unpaired) electrons. The highest BCUT2D eigenvalue weighted by Crippen LogP contribution is 2.18. The molecule has 0 unspecified atom stereocenters. The first-order chi connectivity index (χ1) is 12.7. The van der Waals surface area contributed by atoms with Crippen LogP contribution >= 0.6 is 0 Å². The number of carbonyl (C=O) groups is 2. The van der Waals surface area contributed by atoms with Crippen molar-refractivity contribution in [2.75, 3.05) is 33.3 Å². The van der Waals surface area contributed by atoms with Gasteiger partial charge in [-0.15, -0.1) is 0 Å². The maximum Gasteiger partial charge on any atom is 0.241 e. The van der Waals surface area contributed by atoms with Crippen LogP contribution in [0.5, 0.6) is 5.75 Å². The van der Waals surface area contributed by atoms with Gasteiger partial charge in [-0.3, -0.25) is 9.59 Å². The number of sulfonamides is 1. The highest BCUT2D eigenvalue weighted by molar-refractivity contribution is 7.89. The fourth-order valence-corrected chi connectivity index (χ4v) is 4.24. The largest absolute Gasteiger partial charge is 0.497 e. The number of piperazine rings is 1. The number of nitrogens with one attached hydrogen (secondary N) is 1. The standard InChI is InChI=1S/C18H27N3O5S/c1-13(2)17(18(23)21-11-9-20(10-12-21)14(3)22)19-27(24,25)16-7-5-15(26-4)6-8-16/h5-8,13,17,19H,9-12H2,1-4H3/t17-/m0/s1. The van der Waals surface area contributed by atoms with Crippen LogP contribution in [0.1, 0.15) is 20.8 Å². The molecule has 1 N–H and O–H groups in total. The molecule has 2 rings (SSSR count). The molecule has 1 fully saturated rings. The summed E-state index contributed by atoms with van der Waals surface area (Å²) < 4.78 is 33.0. The van der Waals surface area contributed by atoms with Gasteiger partial charge < -0.3 is 14.5 Å². The molecule has 0 aromatic heterocycles. The Morgan fingerprint density at radius 2 is 1.56 bits per heavy atom. The number of nitrogens with zero attached hydrogens (tertiary/aromatic N) is 2. The molecule has 0 aliphatic carbocycles. The molecule has 2 amide bonds. The van der Waals surface area contributed by atoms with E-state index < -0.39 is 16.1 Å². The number of ether oxygens (including phenoxy) is 1. The third kappa shape index (κ3) is 5.20. The lowest BCUT2D eigenvalue weighted by molar-refractivity contribution is -0.140. The van der Waals surface area contributed by atoms with E-state index in [9.17, 15) is 18.0 Å². The lowest BCUT2D eigenvalue weighted by atomic mass is 10.0. The van der Waals surface area contributed by atoms with Gasteiger partial charge in [0.2, 0.25) is 21.8 Å². The number of carbonyl (C=O) groups excluding carboxylic acids is 2. The van der Waals surface area contributed by atoms with Crippen molar-refractivity contribution in [3.8, 4) is 5.75 Å². The van der Waals surface area contributed by atoms with Gasteiger partial charge in [0.1, 0.15) is 11.8 Å². The zero-order valence-corrected chi connectivity index (χ0v) is 17.0. The third-order valence-corrected chi connectivity index (χ3v) is 6.08. The summed E-state index contributed by atoms with van der Waals surface area (Å²) in [6, 6.07) is 5.12. The highest BCUT2D eigenvalue weighted by atomic mass is 32.2. The molecule has 1 heterocycles. The minimum Gasteiger partial charge on any atom is -0.497 e. The van der Waals surface area contributed by atoms with E-state index in [1.165, 1.54) is 26.2 Å². The first-order valence-electron chi connectivity index (χ1n) is 8.86. The fourth-order valence-electron chi connectivity index (χ4n) is 2.90. The molecule has 0 bridgehead atoms. The van der Waals surface area contributed by atoms with Crippen LogP contribution < -0.4 is 9.46 Å². The van der Waals surface area contributed by atoms with Crippen molar-refractivity contribution < 1.29 is 22.7 Å². The second-order valence-corrected chi connectivity index (χ2v) is 8.56. The number of hydrogen-bond acceptors (Lipinski definition) is 5. The van der Waals surface area contributed by atoms with E-state index in [1.807, 2.05) is 0 Å². The van der Waals surface area contributed by atoms with Gasteiger partial charge in [0.25, 0.3) is 0 Å². The van der Waals surface area contributed by atoms with E-state index in [4.69, 9.17) is 4.74 Å². The van der Waals surface area contributed by atoms with Gasteiger partial charge in [-0.2, -0.15) is 4.72 Å². The summed E-state index contributed by atoms with van der Waals surface area (Å²) in [6.45, 7) is 6.79. The number of amides is 2. The molecule has 1 aromatic rings. The summed E-state index contributed by atoms with van der Waals surface area (Å²) in [7, 11) is -2.35. The molecular formula is C18H27N3O5S. The Morgan fingerprint density at radius 3 is 2.00 bits per heavy atom. The zero-order chi connectivity index (χ0) is 20.2. The summed E-state index contributed by atoms with van der Waals surface area (Å²) in [6.07, 6.45) is 0. The van der Waals surface area contributed by atoms with Crippen LogP contribution in [0.2, 0.25) is 0 Å². The van der Waals surface area contributed by atoms with Crippen molar-refractivity contribution in [3.05, 3.63) is 24.3 Å². The fraction of sp³-hybridized carbons (Fsp3) is 0.556. The quantitative estimate of drug-likeness (QED) is 0.762. The number of methoxy groups -OCH3 is 1. The van der Waals surface area contributed by atoms with Crippen LogP contribution in [0.3, 0.4) is 0 Å². The van der Waals surface area contributed by atoms with Gasteiger partial charge in [-0.1, -0.05) is 13.8 Å². The predicted molar refractivity (Wildman–Crippen MR) is 101 cm³/mol. The van der Waals surface area contributed by atoms with Crippen molar-refractivity contribution in [1.82, 2.24) is 14.5 Å². The Balaban J connectivity index is 2.12. The minimum absolute atomic E-state index is 0.0253. The molecule has 1 atom stereocenters. The summed E-state index contributed by atoms with van der Waals surface area (Å²) in [5.41, 5.74) is 0. The summed E-state index contributed by atoms with van der Waals surface area (Å²) in [5, 5.41) is 0. The monoisotopic (exact) mass is 397 g/mol. The molecule has 0 saturated carbocycles. The molecule has 1 aromatic carbocycles. The zero-order valence-electron chi connectivity index (χ0n) is 16.1. The molecule has 150 valence electrons. The van der Waals surface area contributed by atoms with Crippen LogP contribution in [-0.4, -0.2) is 69.4 Å². The first-order valence-corrected chi connectivity index (χ1v) is 10.3. The average Bonchev–Trinajstić information content (AvgIpc) is 2.65. The molecule has 9 heteroatoms. The Morgan fingerprint density at radius 1 is 1.04 bits per heavy atom. The molecule has 1 aliphatic rings. The number of benzene rings is 1. The van der Waals surface area contributed by atoms with Gasteiger partial charge in [0, 0.05) is 33.1 Å². The van der Waals surface area contributed by atoms with Gasteiger partial charge in [-0.05, 0) is 30.2 Å². The van der Waals surface area contributed by atoms with Crippen molar-refractivity contribution in [1.29, 1.82) is 0 Å². The predicted octanol–water partition coefficient (Wildman–Crippen LogP) is 0.689. The molecular weight excluding hydrogens is 370 g/mol. The van der Waals surface area contributed by atoms with E-state index in [0.29, 0.717) is 31.9 Å². The van der Waals surface area contributed by atoms with Crippen LogP contribution in [-0.2, 0) is 19.6 Å². The highest BCUT2D eigenvalue weighted by Gasteiger charge is 2.33. The van der Waals surface area contributed by atoms with Crippen molar-refractivity contribution >= 4 is 21.8 Å². The van der Waals surface area contributed by atoms with E-state index >= 15 is 0 Å². The van der Waals surface area contributed by atoms with Crippen molar-refractivity contribution in [2.45, 2.75) is 31.7 Å². The average molecular weight is 397 g/mol. The number of rotatable bonds is 6. The summed E-state index contributed by atoms with van der Waals surface area (Å²) in [5.74, 6) is 0.0261. The van der Waals surface area contributed by atoms with Gasteiger partial charge in [0.15, 0.2) is 0 Å². The first kappa shape index (κ1) is 21.2. The Bertz CT molecular complexity index is 769. The number of hydrogen-bond donors (Lipinski definition) is 1. The maximum absolute atomic E-state index is 12.9. The molecule has 8 nitrogen and oxygen atoms in total.